The van der Waals surface area contributed by atoms with Gasteiger partial charge in [-0.2, -0.15) is 0 Å². The van der Waals surface area contributed by atoms with Gasteiger partial charge in [-0.1, -0.05) is 30.3 Å². The molecule has 1 N–H and O–H groups in total. The molecule has 2 aromatic rings. The van der Waals surface area contributed by atoms with E-state index >= 15 is 0 Å². The van der Waals surface area contributed by atoms with Crippen LogP contribution in [-0.2, 0) is 0 Å². The summed E-state index contributed by atoms with van der Waals surface area (Å²) in [4.78, 5) is 14.3. The van der Waals surface area contributed by atoms with Crippen LogP contribution >= 0.6 is 11.8 Å². The molecule has 0 aromatic heterocycles. The first-order valence-corrected chi connectivity index (χ1v) is 8.20. The number of anilines is 1. The summed E-state index contributed by atoms with van der Waals surface area (Å²) in [5, 5.41) is 2.90. The van der Waals surface area contributed by atoms with Crippen molar-refractivity contribution in [1.82, 2.24) is 4.90 Å². The summed E-state index contributed by atoms with van der Waals surface area (Å²) in [7, 11) is 0. The number of benzene rings is 2. The van der Waals surface area contributed by atoms with Gasteiger partial charge in [0.1, 0.15) is 11.2 Å². The lowest BCUT2D eigenvalue weighted by Gasteiger charge is -2.24. The third-order valence-corrected chi connectivity index (χ3v) is 4.95. The third kappa shape index (κ3) is 3.09. The van der Waals surface area contributed by atoms with E-state index in [2.05, 4.69) is 5.32 Å². The number of aryl methyl sites for hydroxylation is 1. The Morgan fingerprint density at radius 2 is 1.95 bits per heavy atom. The second kappa shape index (κ2) is 6.40. The standard InChI is InChI=1S/C17H17FN2OS/c1-12-4-2-3-5-15(12)19-17(21)20-10-11-22-16(20)13-6-8-14(18)9-7-13/h2-9,16H,10-11H2,1H3,(H,19,21). The third-order valence-electron chi connectivity index (χ3n) is 3.69. The fourth-order valence-corrected chi connectivity index (χ4v) is 3.74. The SMILES string of the molecule is Cc1ccccc1NC(=O)N1CCSC1c1ccc(F)cc1. The molecular weight excluding hydrogens is 299 g/mol. The molecule has 0 radical (unpaired) electrons. The van der Waals surface area contributed by atoms with Gasteiger partial charge < -0.3 is 10.2 Å². The number of rotatable bonds is 2. The molecule has 2 amide bonds. The topological polar surface area (TPSA) is 32.3 Å². The van der Waals surface area contributed by atoms with Crippen LogP contribution in [0.5, 0.6) is 0 Å². The molecule has 1 aliphatic heterocycles. The van der Waals surface area contributed by atoms with Crippen molar-refractivity contribution in [3.05, 3.63) is 65.5 Å². The van der Waals surface area contributed by atoms with Crippen LogP contribution in [0.3, 0.4) is 0 Å². The van der Waals surface area contributed by atoms with Crippen molar-refractivity contribution in [2.24, 2.45) is 0 Å². The number of halogens is 1. The number of para-hydroxylation sites is 1. The zero-order valence-electron chi connectivity index (χ0n) is 12.3. The number of amides is 2. The number of carbonyl (C=O) groups is 1. The molecule has 3 nitrogen and oxygen atoms in total. The zero-order valence-corrected chi connectivity index (χ0v) is 13.1. The van der Waals surface area contributed by atoms with Gasteiger partial charge in [0.15, 0.2) is 0 Å². The maximum atomic E-state index is 13.1. The molecule has 0 aliphatic carbocycles. The van der Waals surface area contributed by atoms with Gasteiger partial charge in [0.25, 0.3) is 0 Å². The molecule has 1 aliphatic rings. The number of thioether (sulfide) groups is 1. The number of carbonyl (C=O) groups excluding carboxylic acids is 1. The number of urea groups is 1. The van der Waals surface area contributed by atoms with E-state index in [9.17, 15) is 9.18 Å². The number of nitrogens with zero attached hydrogens (tertiary/aromatic N) is 1. The van der Waals surface area contributed by atoms with Gasteiger partial charge in [0.2, 0.25) is 0 Å². The zero-order chi connectivity index (χ0) is 15.5. The summed E-state index contributed by atoms with van der Waals surface area (Å²) in [6, 6.07) is 13.9. The van der Waals surface area contributed by atoms with Crippen molar-refractivity contribution in [3.63, 3.8) is 0 Å². The van der Waals surface area contributed by atoms with Gasteiger partial charge >= 0.3 is 6.03 Å². The molecule has 1 fully saturated rings. The van der Waals surface area contributed by atoms with Crippen molar-refractivity contribution in [2.75, 3.05) is 17.6 Å². The van der Waals surface area contributed by atoms with Crippen molar-refractivity contribution in [3.8, 4) is 0 Å². The van der Waals surface area contributed by atoms with Crippen molar-refractivity contribution in [1.29, 1.82) is 0 Å². The maximum Gasteiger partial charge on any atom is 0.323 e. The van der Waals surface area contributed by atoms with Gasteiger partial charge in [0, 0.05) is 18.0 Å². The number of hydrogen-bond acceptors (Lipinski definition) is 2. The van der Waals surface area contributed by atoms with E-state index in [0.29, 0.717) is 6.54 Å². The lowest BCUT2D eigenvalue weighted by molar-refractivity contribution is 0.214. The Hall–Kier alpha value is -2.01. The Kier molecular flexibility index (Phi) is 4.34. The van der Waals surface area contributed by atoms with E-state index in [1.54, 1.807) is 28.8 Å². The van der Waals surface area contributed by atoms with E-state index in [1.165, 1.54) is 12.1 Å². The molecule has 0 saturated carbocycles. The van der Waals surface area contributed by atoms with Gasteiger partial charge in [-0.25, -0.2) is 9.18 Å². The Balaban J connectivity index is 1.76. The van der Waals surface area contributed by atoms with Crippen molar-refractivity contribution in [2.45, 2.75) is 12.3 Å². The fourth-order valence-electron chi connectivity index (χ4n) is 2.48. The van der Waals surface area contributed by atoms with Crippen LogP contribution in [0.4, 0.5) is 14.9 Å². The van der Waals surface area contributed by atoms with Crippen LogP contribution in [0.2, 0.25) is 0 Å². The average Bonchev–Trinajstić information content (AvgIpc) is 3.00. The molecule has 5 heteroatoms. The highest BCUT2D eigenvalue weighted by Gasteiger charge is 2.30. The second-order valence-corrected chi connectivity index (χ2v) is 6.40. The summed E-state index contributed by atoms with van der Waals surface area (Å²) in [5.41, 5.74) is 2.80. The normalized spacial score (nSPS) is 17.5. The molecule has 1 atom stereocenters. The van der Waals surface area contributed by atoms with E-state index < -0.39 is 0 Å². The van der Waals surface area contributed by atoms with Gasteiger partial charge in [-0.05, 0) is 36.2 Å². The largest absolute Gasteiger partial charge is 0.323 e. The smallest absolute Gasteiger partial charge is 0.308 e. The highest BCUT2D eigenvalue weighted by Crippen LogP contribution is 2.38. The molecule has 22 heavy (non-hydrogen) atoms. The monoisotopic (exact) mass is 316 g/mol. The van der Waals surface area contributed by atoms with Crippen LogP contribution < -0.4 is 5.32 Å². The van der Waals surface area contributed by atoms with Gasteiger partial charge in [-0.15, -0.1) is 11.8 Å². The van der Waals surface area contributed by atoms with Crippen LogP contribution in [0.1, 0.15) is 16.5 Å². The maximum absolute atomic E-state index is 13.1. The first-order valence-electron chi connectivity index (χ1n) is 7.15. The minimum Gasteiger partial charge on any atom is -0.308 e. The van der Waals surface area contributed by atoms with Crippen LogP contribution in [0.15, 0.2) is 48.5 Å². The van der Waals surface area contributed by atoms with Gasteiger partial charge in [-0.3, -0.25) is 0 Å². The first-order chi connectivity index (χ1) is 10.6. The molecule has 114 valence electrons. The van der Waals surface area contributed by atoms with E-state index in [1.807, 2.05) is 31.2 Å². The molecule has 0 bridgehead atoms. The van der Waals surface area contributed by atoms with E-state index in [0.717, 1.165) is 22.6 Å². The van der Waals surface area contributed by atoms with E-state index in [-0.39, 0.29) is 17.2 Å². The first kappa shape index (κ1) is 14.9. The highest BCUT2D eigenvalue weighted by molar-refractivity contribution is 7.99. The van der Waals surface area contributed by atoms with Crippen LogP contribution in [0.25, 0.3) is 0 Å². The summed E-state index contributed by atoms with van der Waals surface area (Å²) in [6.45, 7) is 2.65. The van der Waals surface area contributed by atoms with Crippen LogP contribution in [-0.4, -0.2) is 23.2 Å². The quantitative estimate of drug-likeness (QED) is 0.890. The molecule has 1 saturated heterocycles. The summed E-state index contributed by atoms with van der Waals surface area (Å²) in [5.74, 6) is 0.617. The molecule has 1 unspecified atom stereocenters. The van der Waals surface area contributed by atoms with E-state index in [4.69, 9.17) is 0 Å². The predicted octanol–water partition coefficient (Wildman–Crippen LogP) is 4.41. The summed E-state index contributed by atoms with van der Waals surface area (Å²) >= 11 is 1.70. The molecule has 2 aromatic carbocycles. The fraction of sp³-hybridized carbons (Fsp3) is 0.235. The Morgan fingerprint density at radius 3 is 2.68 bits per heavy atom. The number of nitrogens with one attached hydrogen (secondary N) is 1. The molecule has 0 spiro atoms. The van der Waals surface area contributed by atoms with Gasteiger partial charge in [0.05, 0.1) is 0 Å². The molecule has 3 rings (SSSR count). The Bertz CT molecular complexity index is 675. The average molecular weight is 316 g/mol. The molecular formula is C17H17FN2OS. The van der Waals surface area contributed by atoms with Crippen LogP contribution in [0, 0.1) is 12.7 Å². The summed E-state index contributed by atoms with van der Waals surface area (Å²) < 4.78 is 13.1. The predicted molar refractivity (Wildman–Crippen MR) is 88.5 cm³/mol. The molecule has 1 heterocycles. The Labute approximate surface area is 133 Å². The summed E-state index contributed by atoms with van der Waals surface area (Å²) in [6.07, 6.45) is 0. The minimum atomic E-state index is -0.261. The van der Waals surface area contributed by atoms with Crippen molar-refractivity contribution < 1.29 is 9.18 Å². The lowest BCUT2D eigenvalue weighted by Crippen LogP contribution is -2.34. The highest BCUT2D eigenvalue weighted by atomic mass is 32.2. The number of hydrogen-bond donors (Lipinski definition) is 1. The second-order valence-electron chi connectivity index (χ2n) is 5.21. The van der Waals surface area contributed by atoms with Crippen molar-refractivity contribution >= 4 is 23.5 Å². The lowest BCUT2D eigenvalue weighted by atomic mass is 10.2. The minimum absolute atomic E-state index is 0.0652. The Morgan fingerprint density at radius 1 is 1.23 bits per heavy atom.